The van der Waals surface area contributed by atoms with Crippen LogP contribution in [0.4, 0.5) is 22.8 Å². The highest BCUT2D eigenvalue weighted by Gasteiger charge is 2.51. The van der Waals surface area contributed by atoms with Gasteiger partial charge >= 0.3 is 18.1 Å². The Kier molecular flexibility index (Phi) is 7.91. The third-order valence-corrected chi connectivity index (χ3v) is 8.39. The Morgan fingerprint density at radius 2 is 1.80 bits per heavy atom. The SMILES string of the molecule is COC(=O)C1OC(=O)N(C(=O)NC2CCCN2C2CCC(C#N)(c3ccccc3F)CC2)[C@H]1c1ccc(F)c(F)c1. The van der Waals surface area contributed by atoms with Crippen molar-refractivity contribution in [1.82, 2.24) is 15.1 Å². The van der Waals surface area contributed by atoms with Gasteiger partial charge in [-0.15, -0.1) is 0 Å². The number of benzene rings is 2. The van der Waals surface area contributed by atoms with Gasteiger partial charge in [-0.05, 0) is 62.3 Å². The molecule has 0 bridgehead atoms. The van der Waals surface area contributed by atoms with Crippen molar-refractivity contribution in [3.05, 3.63) is 71.0 Å². The molecule has 2 aromatic rings. The molecule has 0 aromatic heterocycles. The number of imide groups is 1. The monoisotopic (exact) mass is 570 g/mol. The van der Waals surface area contributed by atoms with Crippen molar-refractivity contribution in [3.8, 4) is 6.07 Å². The van der Waals surface area contributed by atoms with Gasteiger partial charge in [0, 0.05) is 18.2 Å². The minimum absolute atomic E-state index is 0.00591. The molecule has 3 fully saturated rings. The third kappa shape index (κ3) is 5.22. The van der Waals surface area contributed by atoms with E-state index in [0.29, 0.717) is 49.1 Å². The third-order valence-electron chi connectivity index (χ3n) is 8.39. The van der Waals surface area contributed by atoms with Crippen LogP contribution < -0.4 is 5.32 Å². The van der Waals surface area contributed by atoms with Gasteiger partial charge in [-0.3, -0.25) is 4.90 Å². The fourth-order valence-corrected chi connectivity index (χ4v) is 6.31. The number of esters is 1. The predicted octanol–water partition coefficient (Wildman–Crippen LogP) is 4.67. The molecule has 5 rings (SSSR count). The van der Waals surface area contributed by atoms with E-state index in [-0.39, 0.29) is 11.6 Å². The van der Waals surface area contributed by atoms with Crippen LogP contribution in [0.25, 0.3) is 0 Å². The maximum absolute atomic E-state index is 14.6. The summed E-state index contributed by atoms with van der Waals surface area (Å²) in [6, 6.07) is 9.23. The van der Waals surface area contributed by atoms with Gasteiger partial charge in [0.1, 0.15) is 11.9 Å². The summed E-state index contributed by atoms with van der Waals surface area (Å²) in [7, 11) is 1.08. The first kappa shape index (κ1) is 28.4. The normalized spacial score (nSPS) is 28.2. The molecule has 2 aromatic carbocycles. The van der Waals surface area contributed by atoms with Crippen LogP contribution in [-0.4, -0.2) is 59.9 Å². The van der Waals surface area contributed by atoms with Crippen LogP contribution in [0.3, 0.4) is 0 Å². The van der Waals surface area contributed by atoms with E-state index < -0.39 is 59.3 Å². The number of carbonyl (C=O) groups is 3. The zero-order valence-corrected chi connectivity index (χ0v) is 22.3. The molecule has 9 nitrogen and oxygen atoms in total. The fraction of sp³-hybridized carbons (Fsp3) is 0.448. The van der Waals surface area contributed by atoms with Crippen LogP contribution in [0.2, 0.25) is 0 Å². The predicted molar refractivity (Wildman–Crippen MR) is 137 cm³/mol. The molecule has 1 saturated carbocycles. The van der Waals surface area contributed by atoms with Crippen molar-refractivity contribution in [1.29, 1.82) is 5.26 Å². The van der Waals surface area contributed by atoms with E-state index in [9.17, 15) is 32.8 Å². The molecule has 2 heterocycles. The number of rotatable bonds is 5. The Bertz CT molecular complexity index is 1390. The Hall–Kier alpha value is -4.11. The number of methoxy groups -OCH3 is 1. The summed E-state index contributed by atoms with van der Waals surface area (Å²) >= 11 is 0. The lowest BCUT2D eigenvalue weighted by atomic mass is 9.69. The second-order valence-corrected chi connectivity index (χ2v) is 10.6. The van der Waals surface area contributed by atoms with Crippen LogP contribution >= 0.6 is 0 Å². The molecular formula is C29H29F3N4O5. The van der Waals surface area contributed by atoms with Crippen molar-refractivity contribution in [2.75, 3.05) is 13.7 Å². The molecule has 41 heavy (non-hydrogen) atoms. The molecule has 12 heteroatoms. The molecule has 3 amide bonds. The zero-order valence-electron chi connectivity index (χ0n) is 22.3. The summed E-state index contributed by atoms with van der Waals surface area (Å²) in [4.78, 5) is 41.5. The van der Waals surface area contributed by atoms with Crippen molar-refractivity contribution < 1.29 is 37.0 Å². The lowest BCUT2D eigenvalue weighted by molar-refractivity contribution is -0.150. The Balaban J connectivity index is 1.32. The number of carbonyl (C=O) groups excluding carboxylic acids is 3. The number of hydrogen-bond donors (Lipinski definition) is 1. The van der Waals surface area contributed by atoms with E-state index in [1.165, 1.54) is 12.1 Å². The summed E-state index contributed by atoms with van der Waals surface area (Å²) in [5.74, 6) is -3.70. The maximum Gasteiger partial charge on any atom is 0.419 e. The second-order valence-electron chi connectivity index (χ2n) is 10.6. The highest BCUT2D eigenvalue weighted by atomic mass is 19.2. The smallest absolute Gasteiger partial charge is 0.419 e. The van der Waals surface area contributed by atoms with E-state index in [0.717, 1.165) is 25.7 Å². The highest BCUT2D eigenvalue weighted by molar-refractivity contribution is 5.96. The van der Waals surface area contributed by atoms with Crippen LogP contribution in [0.15, 0.2) is 42.5 Å². The number of likely N-dealkylation sites (tertiary alicyclic amines) is 1. The van der Waals surface area contributed by atoms with Gasteiger partial charge < -0.3 is 14.8 Å². The van der Waals surface area contributed by atoms with Crippen molar-refractivity contribution in [2.24, 2.45) is 0 Å². The van der Waals surface area contributed by atoms with E-state index in [2.05, 4.69) is 16.3 Å². The zero-order chi connectivity index (χ0) is 29.3. The molecule has 3 atom stereocenters. The number of urea groups is 1. The molecular weight excluding hydrogens is 541 g/mol. The van der Waals surface area contributed by atoms with Gasteiger partial charge in [-0.2, -0.15) is 5.26 Å². The van der Waals surface area contributed by atoms with Gasteiger partial charge in [0.2, 0.25) is 6.10 Å². The average molecular weight is 571 g/mol. The summed E-state index contributed by atoms with van der Waals surface area (Å²) in [6.07, 6.45) is 0.276. The van der Waals surface area contributed by atoms with E-state index in [4.69, 9.17) is 9.47 Å². The Labute approximate surface area is 234 Å². The summed E-state index contributed by atoms with van der Waals surface area (Å²) in [5, 5.41) is 12.8. The molecule has 0 radical (unpaired) electrons. The minimum Gasteiger partial charge on any atom is -0.466 e. The average Bonchev–Trinajstić information content (AvgIpc) is 3.58. The number of nitrogens with one attached hydrogen (secondary N) is 1. The molecule has 2 unspecified atom stereocenters. The Morgan fingerprint density at radius 3 is 2.46 bits per heavy atom. The van der Waals surface area contributed by atoms with E-state index in [1.807, 2.05) is 0 Å². The maximum atomic E-state index is 14.6. The molecule has 0 spiro atoms. The first-order valence-corrected chi connectivity index (χ1v) is 13.4. The first-order valence-electron chi connectivity index (χ1n) is 13.4. The number of nitriles is 1. The number of halogens is 3. The Morgan fingerprint density at radius 1 is 1.07 bits per heavy atom. The van der Waals surface area contributed by atoms with E-state index in [1.54, 1.807) is 18.2 Å². The summed E-state index contributed by atoms with van der Waals surface area (Å²) in [6.45, 7) is 0.663. The van der Waals surface area contributed by atoms with Crippen molar-refractivity contribution in [3.63, 3.8) is 0 Å². The van der Waals surface area contributed by atoms with Crippen LogP contribution in [0.1, 0.15) is 55.7 Å². The van der Waals surface area contributed by atoms with Crippen LogP contribution in [0, 0.1) is 28.8 Å². The molecule has 216 valence electrons. The lowest BCUT2D eigenvalue weighted by Crippen LogP contribution is -2.54. The van der Waals surface area contributed by atoms with E-state index >= 15 is 0 Å². The first-order chi connectivity index (χ1) is 19.7. The second kappa shape index (κ2) is 11.4. The van der Waals surface area contributed by atoms with Gasteiger partial charge in [-0.1, -0.05) is 24.3 Å². The summed E-state index contributed by atoms with van der Waals surface area (Å²) in [5.41, 5.74) is -0.555. The number of nitrogens with zero attached hydrogens (tertiary/aromatic N) is 3. The van der Waals surface area contributed by atoms with Gasteiger partial charge in [0.05, 0.1) is 24.8 Å². The van der Waals surface area contributed by atoms with Crippen LogP contribution in [0.5, 0.6) is 0 Å². The molecule has 1 aliphatic carbocycles. The largest absolute Gasteiger partial charge is 0.466 e. The van der Waals surface area contributed by atoms with Crippen molar-refractivity contribution in [2.45, 2.75) is 68.3 Å². The van der Waals surface area contributed by atoms with Crippen molar-refractivity contribution >= 4 is 18.1 Å². The standard InChI is InChI=1S/C29H29F3N4O5/c1-40-26(37)25-24(17-8-9-21(31)22(32)15-17)36(28(39)41-25)27(38)34-23-7-4-14-35(23)18-10-12-29(16-33,13-11-18)19-5-2-3-6-20(19)30/h2-3,5-6,8-9,15,18,23-25H,4,7,10-14H2,1H3,(H,34,38)/t18?,23?,24-,25?,29?/m0/s1. The number of cyclic esters (lactones) is 1. The molecule has 1 N–H and O–H groups in total. The van der Waals surface area contributed by atoms with Gasteiger partial charge in [-0.25, -0.2) is 32.5 Å². The quantitative estimate of drug-likeness (QED) is 0.520. The van der Waals surface area contributed by atoms with Gasteiger partial charge in [0.15, 0.2) is 11.6 Å². The highest BCUT2D eigenvalue weighted by Crippen LogP contribution is 2.42. The fourth-order valence-electron chi connectivity index (χ4n) is 6.31. The molecule has 2 saturated heterocycles. The van der Waals surface area contributed by atoms with Gasteiger partial charge in [0.25, 0.3) is 0 Å². The number of ether oxygens (including phenoxy) is 2. The topological polar surface area (TPSA) is 112 Å². The molecule has 3 aliphatic rings. The number of amides is 3. The molecule has 2 aliphatic heterocycles. The summed E-state index contributed by atoms with van der Waals surface area (Å²) < 4.78 is 52.1. The minimum atomic E-state index is -1.57. The van der Waals surface area contributed by atoms with Crippen LogP contribution in [-0.2, 0) is 19.7 Å². The lowest BCUT2D eigenvalue weighted by Gasteiger charge is -2.41. The number of hydrogen-bond acceptors (Lipinski definition) is 7.